The molecule has 0 bridgehead atoms. The van der Waals surface area contributed by atoms with E-state index in [0.29, 0.717) is 0 Å². The van der Waals surface area contributed by atoms with Gasteiger partial charge < -0.3 is 9.32 Å². The van der Waals surface area contributed by atoms with Crippen LogP contribution in [-0.4, -0.2) is 0 Å². The third-order valence-corrected chi connectivity index (χ3v) is 13.3. The molecule has 1 heterocycles. The fourth-order valence-electron chi connectivity index (χ4n) is 10.8. The minimum atomic E-state index is -0.568. The second kappa shape index (κ2) is 13.0. The van der Waals surface area contributed by atoms with Crippen LogP contribution in [0, 0.1) is 0 Å². The standard InChI is InChI=1S/C58H41NO/c1-57(2)47-25-11-13-27-49(47)58(50-28-14-12-26-48(50)57)51-29-17-24-43(39-20-7-4-8-21-39)56(51)46-35-33-40(36-52(46)58)59(53-30-15-9-22-42(53)38-18-5-3-6-19-38)41-32-34-45-44-23-10-16-31-54(44)60-55(45)37-41/h3-37H,1-2H3. The normalized spacial score (nSPS) is 14.1. The lowest BCUT2D eigenvalue weighted by molar-refractivity contribution is 0.563. The smallest absolute Gasteiger partial charge is 0.137 e. The SMILES string of the molecule is CC1(C)c2ccccc2C2(c3cc(N(c4ccc5c(c4)oc4ccccc45)c4ccccc4-c4ccccc4)ccc3-c3c(-c4ccccc4)cccc32)c2ccccc21. The van der Waals surface area contributed by atoms with Crippen LogP contribution in [0.2, 0.25) is 0 Å². The maximum Gasteiger partial charge on any atom is 0.137 e. The Hall–Kier alpha value is -7.42. The van der Waals surface area contributed by atoms with E-state index in [1.807, 2.05) is 6.07 Å². The average Bonchev–Trinajstić information content (AvgIpc) is 3.82. The summed E-state index contributed by atoms with van der Waals surface area (Å²) in [6, 6.07) is 78.1. The molecule has 0 saturated carbocycles. The van der Waals surface area contributed by atoms with Gasteiger partial charge >= 0.3 is 0 Å². The van der Waals surface area contributed by atoms with Gasteiger partial charge in [-0.1, -0.05) is 184 Å². The molecular weight excluding hydrogens is 727 g/mol. The predicted molar refractivity (Wildman–Crippen MR) is 249 cm³/mol. The van der Waals surface area contributed by atoms with Crippen molar-refractivity contribution in [1.82, 2.24) is 0 Å². The summed E-state index contributed by atoms with van der Waals surface area (Å²) in [6.45, 7) is 4.78. The molecule has 60 heavy (non-hydrogen) atoms. The van der Waals surface area contributed by atoms with Crippen molar-refractivity contribution in [2.45, 2.75) is 24.7 Å². The largest absolute Gasteiger partial charge is 0.456 e. The third kappa shape index (κ3) is 4.82. The van der Waals surface area contributed by atoms with E-state index in [1.54, 1.807) is 0 Å². The number of hydrogen-bond donors (Lipinski definition) is 0. The molecule has 0 unspecified atom stereocenters. The van der Waals surface area contributed by atoms with Crippen molar-refractivity contribution >= 4 is 39.0 Å². The van der Waals surface area contributed by atoms with E-state index in [9.17, 15) is 0 Å². The molecule has 9 aromatic carbocycles. The van der Waals surface area contributed by atoms with Gasteiger partial charge in [0.1, 0.15) is 11.2 Å². The van der Waals surface area contributed by atoms with Crippen molar-refractivity contribution < 1.29 is 4.42 Å². The van der Waals surface area contributed by atoms with Crippen molar-refractivity contribution in [2.24, 2.45) is 0 Å². The Balaban J connectivity index is 1.19. The molecule has 0 amide bonds. The number of para-hydroxylation sites is 2. The second-order valence-electron chi connectivity index (χ2n) is 16.8. The molecule has 0 radical (unpaired) electrons. The lowest BCUT2D eigenvalue weighted by Gasteiger charge is -2.46. The summed E-state index contributed by atoms with van der Waals surface area (Å²) in [4.78, 5) is 2.44. The zero-order valence-corrected chi connectivity index (χ0v) is 33.6. The summed E-state index contributed by atoms with van der Waals surface area (Å²) >= 11 is 0. The van der Waals surface area contributed by atoms with E-state index >= 15 is 0 Å². The summed E-state index contributed by atoms with van der Waals surface area (Å²) in [6.07, 6.45) is 0. The Morgan fingerprint density at radius 2 is 0.900 bits per heavy atom. The Morgan fingerprint density at radius 1 is 0.367 bits per heavy atom. The molecule has 0 fully saturated rings. The van der Waals surface area contributed by atoms with Crippen LogP contribution in [0.15, 0.2) is 217 Å². The van der Waals surface area contributed by atoms with Crippen LogP contribution in [0.5, 0.6) is 0 Å². The van der Waals surface area contributed by atoms with Gasteiger partial charge in [-0.05, 0) is 97.6 Å². The monoisotopic (exact) mass is 767 g/mol. The molecule has 10 aromatic rings. The van der Waals surface area contributed by atoms with Crippen molar-refractivity contribution in [2.75, 3.05) is 4.90 Å². The maximum atomic E-state index is 6.56. The number of nitrogens with zero attached hydrogens (tertiary/aromatic N) is 1. The maximum absolute atomic E-state index is 6.56. The summed E-state index contributed by atoms with van der Waals surface area (Å²) < 4.78 is 6.56. The Bertz CT molecular complexity index is 3250. The molecule has 0 aliphatic heterocycles. The van der Waals surface area contributed by atoms with E-state index < -0.39 is 5.41 Å². The number of rotatable bonds is 5. The molecule has 2 aliphatic carbocycles. The van der Waals surface area contributed by atoms with E-state index in [-0.39, 0.29) is 5.41 Å². The van der Waals surface area contributed by atoms with E-state index in [0.717, 1.165) is 50.1 Å². The number of hydrogen-bond acceptors (Lipinski definition) is 2. The highest BCUT2D eigenvalue weighted by atomic mass is 16.3. The van der Waals surface area contributed by atoms with Gasteiger partial charge in [-0.3, -0.25) is 0 Å². The van der Waals surface area contributed by atoms with Crippen LogP contribution in [0.1, 0.15) is 47.2 Å². The lowest BCUT2D eigenvalue weighted by atomic mass is 9.55. The molecule has 0 N–H and O–H groups in total. The first-order chi connectivity index (χ1) is 29.5. The molecule has 1 spiro atoms. The van der Waals surface area contributed by atoms with Gasteiger partial charge in [0.2, 0.25) is 0 Å². The van der Waals surface area contributed by atoms with E-state index in [2.05, 4.69) is 225 Å². The molecule has 2 aliphatic rings. The fourth-order valence-corrected chi connectivity index (χ4v) is 10.8. The van der Waals surface area contributed by atoms with Crippen LogP contribution in [-0.2, 0) is 10.8 Å². The number of benzene rings is 9. The lowest BCUT2D eigenvalue weighted by Crippen LogP contribution is -2.40. The summed E-state index contributed by atoms with van der Waals surface area (Å²) in [5, 5.41) is 2.24. The summed E-state index contributed by atoms with van der Waals surface area (Å²) in [7, 11) is 0. The molecule has 2 nitrogen and oxygen atoms in total. The van der Waals surface area contributed by atoms with Gasteiger partial charge in [-0.25, -0.2) is 0 Å². The summed E-state index contributed by atoms with van der Waals surface area (Å²) in [5.41, 5.74) is 19.6. The average molecular weight is 768 g/mol. The van der Waals surface area contributed by atoms with Crippen molar-refractivity contribution in [3.05, 3.63) is 246 Å². The quantitative estimate of drug-likeness (QED) is 0.173. The topological polar surface area (TPSA) is 16.4 Å². The number of anilines is 3. The fraction of sp³-hybridized carbons (Fsp3) is 0.0690. The molecule has 2 heteroatoms. The van der Waals surface area contributed by atoms with Gasteiger partial charge in [0.15, 0.2) is 0 Å². The minimum absolute atomic E-state index is 0.196. The van der Waals surface area contributed by atoms with Gasteiger partial charge in [0.25, 0.3) is 0 Å². The number of furan rings is 1. The van der Waals surface area contributed by atoms with Crippen LogP contribution in [0.25, 0.3) is 55.3 Å². The highest BCUT2D eigenvalue weighted by Gasteiger charge is 2.54. The van der Waals surface area contributed by atoms with Crippen molar-refractivity contribution in [1.29, 1.82) is 0 Å². The van der Waals surface area contributed by atoms with Crippen LogP contribution < -0.4 is 4.90 Å². The molecule has 0 saturated heterocycles. The molecular formula is C58H41NO. The van der Waals surface area contributed by atoms with Gasteiger partial charge in [0, 0.05) is 39.2 Å². The first-order valence-corrected chi connectivity index (χ1v) is 20.9. The van der Waals surface area contributed by atoms with Crippen LogP contribution in [0.4, 0.5) is 17.1 Å². The molecule has 284 valence electrons. The Labute approximate surface area is 350 Å². The predicted octanol–water partition coefficient (Wildman–Crippen LogP) is 15.4. The Morgan fingerprint density at radius 3 is 1.63 bits per heavy atom. The van der Waals surface area contributed by atoms with E-state index in [1.165, 1.54) is 55.6 Å². The van der Waals surface area contributed by atoms with Crippen molar-refractivity contribution in [3.8, 4) is 33.4 Å². The highest BCUT2D eigenvalue weighted by Crippen LogP contribution is 2.64. The van der Waals surface area contributed by atoms with Gasteiger partial charge in [-0.15, -0.1) is 0 Å². The van der Waals surface area contributed by atoms with Crippen LogP contribution >= 0.6 is 0 Å². The highest BCUT2D eigenvalue weighted by molar-refractivity contribution is 6.06. The Kier molecular flexibility index (Phi) is 7.52. The van der Waals surface area contributed by atoms with E-state index in [4.69, 9.17) is 4.42 Å². The zero-order chi connectivity index (χ0) is 40.0. The molecule has 1 aromatic heterocycles. The first kappa shape index (κ1) is 34.6. The molecule has 0 atom stereocenters. The zero-order valence-electron chi connectivity index (χ0n) is 33.6. The van der Waals surface area contributed by atoms with Gasteiger partial charge in [-0.2, -0.15) is 0 Å². The third-order valence-electron chi connectivity index (χ3n) is 13.3. The summed E-state index contributed by atoms with van der Waals surface area (Å²) in [5.74, 6) is 0. The number of fused-ring (bicyclic) bond motifs is 12. The van der Waals surface area contributed by atoms with Gasteiger partial charge in [0.05, 0.1) is 11.1 Å². The first-order valence-electron chi connectivity index (χ1n) is 20.9. The minimum Gasteiger partial charge on any atom is -0.456 e. The van der Waals surface area contributed by atoms with Crippen molar-refractivity contribution in [3.63, 3.8) is 0 Å². The van der Waals surface area contributed by atoms with Crippen LogP contribution in [0.3, 0.4) is 0 Å². The second-order valence-corrected chi connectivity index (χ2v) is 16.8. The molecule has 12 rings (SSSR count).